The number of hydrogen-bond donors (Lipinski definition) is 1. The first-order valence-electron chi connectivity index (χ1n) is 9.53. The summed E-state index contributed by atoms with van der Waals surface area (Å²) in [4.78, 5) is 30.7. The van der Waals surface area contributed by atoms with Crippen molar-refractivity contribution in [2.24, 2.45) is 0 Å². The van der Waals surface area contributed by atoms with Crippen molar-refractivity contribution < 1.29 is 4.79 Å². The molecule has 0 spiro atoms. The summed E-state index contributed by atoms with van der Waals surface area (Å²) in [6, 6.07) is 11.2. The van der Waals surface area contributed by atoms with E-state index in [0.717, 1.165) is 30.0 Å². The van der Waals surface area contributed by atoms with E-state index in [1.807, 2.05) is 30.3 Å². The van der Waals surface area contributed by atoms with Crippen molar-refractivity contribution in [2.75, 3.05) is 18.0 Å². The SMILES string of the molecule is CCN(CC)c1ccc(CNC(=O)CCn2ncc(=O)c3ccccc32)cn1. The Kier molecular flexibility index (Phi) is 6.37. The van der Waals surface area contributed by atoms with Crippen molar-refractivity contribution in [2.45, 2.75) is 33.4 Å². The average Bonchev–Trinajstić information content (AvgIpc) is 2.74. The maximum atomic E-state index is 12.2. The van der Waals surface area contributed by atoms with Crippen molar-refractivity contribution in [3.8, 4) is 0 Å². The van der Waals surface area contributed by atoms with Crippen LogP contribution >= 0.6 is 0 Å². The van der Waals surface area contributed by atoms with E-state index in [2.05, 4.69) is 34.1 Å². The number of hydrogen-bond acceptors (Lipinski definition) is 5. The zero-order valence-electron chi connectivity index (χ0n) is 16.3. The summed E-state index contributed by atoms with van der Waals surface area (Å²) in [5.41, 5.74) is 1.58. The zero-order chi connectivity index (χ0) is 19.9. The molecule has 7 nitrogen and oxygen atoms in total. The lowest BCUT2D eigenvalue weighted by atomic mass is 10.2. The van der Waals surface area contributed by atoms with Crippen LogP contribution in [0.25, 0.3) is 10.9 Å². The quantitative estimate of drug-likeness (QED) is 0.650. The number of nitrogens with one attached hydrogen (secondary N) is 1. The molecule has 0 aliphatic rings. The summed E-state index contributed by atoms with van der Waals surface area (Å²) in [6.07, 6.45) is 3.37. The van der Waals surface area contributed by atoms with Gasteiger partial charge in [-0.15, -0.1) is 0 Å². The summed E-state index contributed by atoms with van der Waals surface area (Å²) >= 11 is 0. The van der Waals surface area contributed by atoms with E-state index in [-0.39, 0.29) is 17.8 Å². The summed E-state index contributed by atoms with van der Waals surface area (Å²) in [5.74, 6) is 0.869. The van der Waals surface area contributed by atoms with Gasteiger partial charge in [0.15, 0.2) is 0 Å². The molecule has 2 heterocycles. The standard InChI is InChI=1S/C21H25N5O2/c1-3-25(4-2)20-10-9-16(13-22-20)14-23-21(28)11-12-26-18-8-6-5-7-17(18)19(27)15-24-26/h5-10,13,15H,3-4,11-12,14H2,1-2H3,(H,23,28). The maximum absolute atomic E-state index is 12.2. The summed E-state index contributed by atoms with van der Waals surface area (Å²) < 4.78 is 1.69. The van der Waals surface area contributed by atoms with Crippen molar-refractivity contribution in [1.82, 2.24) is 20.1 Å². The number of benzene rings is 1. The van der Waals surface area contributed by atoms with Crippen LogP contribution in [0.15, 0.2) is 53.6 Å². The molecule has 0 unspecified atom stereocenters. The Bertz CT molecular complexity index is 994. The molecule has 0 aliphatic heterocycles. The molecule has 0 saturated carbocycles. The number of carbonyl (C=O) groups is 1. The highest BCUT2D eigenvalue weighted by molar-refractivity contribution is 5.79. The summed E-state index contributed by atoms with van der Waals surface area (Å²) in [5, 5.41) is 7.67. The molecule has 3 rings (SSSR count). The van der Waals surface area contributed by atoms with E-state index < -0.39 is 0 Å². The number of para-hydroxylation sites is 1. The number of fused-ring (bicyclic) bond motifs is 1. The summed E-state index contributed by atoms with van der Waals surface area (Å²) in [6.45, 7) is 6.86. The molecule has 7 heteroatoms. The molecule has 1 N–H and O–H groups in total. The lowest BCUT2D eigenvalue weighted by Gasteiger charge is -2.19. The van der Waals surface area contributed by atoms with Gasteiger partial charge >= 0.3 is 0 Å². The lowest BCUT2D eigenvalue weighted by Crippen LogP contribution is -2.25. The first-order valence-corrected chi connectivity index (χ1v) is 9.53. The highest BCUT2D eigenvalue weighted by Crippen LogP contribution is 2.11. The van der Waals surface area contributed by atoms with Gasteiger partial charge in [0.25, 0.3) is 0 Å². The topological polar surface area (TPSA) is 80.1 Å². The molecule has 0 saturated heterocycles. The highest BCUT2D eigenvalue weighted by atomic mass is 16.1. The Morgan fingerprint density at radius 3 is 2.61 bits per heavy atom. The van der Waals surface area contributed by atoms with E-state index in [1.165, 1.54) is 6.20 Å². The molecule has 3 aromatic rings. The molecular formula is C21H25N5O2. The van der Waals surface area contributed by atoms with Gasteiger partial charge in [-0.3, -0.25) is 14.3 Å². The molecule has 2 aromatic heterocycles. The minimum Gasteiger partial charge on any atom is -0.357 e. The molecule has 0 bridgehead atoms. The van der Waals surface area contributed by atoms with Crippen LogP contribution in [-0.2, 0) is 17.9 Å². The minimum atomic E-state index is -0.114. The number of anilines is 1. The van der Waals surface area contributed by atoms with Gasteiger partial charge in [0, 0.05) is 37.6 Å². The predicted molar refractivity (Wildman–Crippen MR) is 110 cm³/mol. The van der Waals surface area contributed by atoms with E-state index >= 15 is 0 Å². The second-order valence-corrected chi connectivity index (χ2v) is 6.47. The molecule has 0 aliphatic carbocycles. The molecular weight excluding hydrogens is 354 g/mol. The van der Waals surface area contributed by atoms with Crippen LogP contribution in [0.5, 0.6) is 0 Å². The van der Waals surface area contributed by atoms with Crippen LogP contribution in [0.1, 0.15) is 25.8 Å². The van der Waals surface area contributed by atoms with E-state index in [9.17, 15) is 9.59 Å². The normalized spacial score (nSPS) is 10.8. The maximum Gasteiger partial charge on any atom is 0.222 e. The van der Waals surface area contributed by atoms with Gasteiger partial charge in [-0.25, -0.2) is 4.98 Å². The minimum absolute atomic E-state index is 0.0719. The first-order chi connectivity index (χ1) is 13.6. The van der Waals surface area contributed by atoms with Gasteiger partial charge in [-0.1, -0.05) is 18.2 Å². The third kappa shape index (κ3) is 4.54. The average molecular weight is 379 g/mol. The second-order valence-electron chi connectivity index (χ2n) is 6.47. The second kappa shape index (κ2) is 9.12. The number of pyridine rings is 1. The van der Waals surface area contributed by atoms with E-state index in [1.54, 1.807) is 16.9 Å². The number of carbonyl (C=O) groups excluding carboxylic acids is 1. The number of rotatable bonds is 8. The van der Waals surface area contributed by atoms with Gasteiger partial charge in [-0.05, 0) is 37.6 Å². The van der Waals surface area contributed by atoms with Crippen LogP contribution in [-0.4, -0.2) is 33.8 Å². The van der Waals surface area contributed by atoms with E-state index in [0.29, 0.717) is 18.5 Å². The molecule has 28 heavy (non-hydrogen) atoms. The molecule has 0 atom stereocenters. The van der Waals surface area contributed by atoms with Gasteiger partial charge in [0.1, 0.15) is 5.82 Å². The third-order valence-electron chi connectivity index (χ3n) is 4.70. The van der Waals surface area contributed by atoms with Gasteiger partial charge in [-0.2, -0.15) is 5.10 Å². The van der Waals surface area contributed by atoms with Gasteiger partial charge < -0.3 is 10.2 Å². The first kappa shape index (κ1) is 19.5. The summed E-state index contributed by atoms with van der Waals surface area (Å²) in [7, 11) is 0. The molecule has 1 amide bonds. The van der Waals surface area contributed by atoms with Crippen LogP contribution < -0.4 is 15.6 Å². The molecule has 0 radical (unpaired) electrons. The van der Waals surface area contributed by atoms with Gasteiger partial charge in [0.2, 0.25) is 11.3 Å². The van der Waals surface area contributed by atoms with Crippen molar-refractivity contribution in [1.29, 1.82) is 0 Å². The number of aryl methyl sites for hydroxylation is 1. The monoisotopic (exact) mass is 379 g/mol. The Morgan fingerprint density at radius 2 is 1.89 bits per heavy atom. The Hall–Kier alpha value is -3.22. The third-order valence-corrected chi connectivity index (χ3v) is 4.70. The molecule has 146 valence electrons. The van der Waals surface area contributed by atoms with Crippen molar-refractivity contribution in [3.63, 3.8) is 0 Å². The number of amides is 1. The van der Waals surface area contributed by atoms with Crippen LogP contribution in [0, 0.1) is 0 Å². The molecule has 0 fully saturated rings. The fraction of sp³-hybridized carbons (Fsp3) is 0.333. The van der Waals surface area contributed by atoms with Crippen LogP contribution in [0.4, 0.5) is 5.82 Å². The Labute approximate surface area is 164 Å². The number of nitrogens with zero attached hydrogens (tertiary/aromatic N) is 4. The Balaban J connectivity index is 1.55. The predicted octanol–water partition coefficient (Wildman–Crippen LogP) is 2.34. The number of aromatic nitrogens is 3. The largest absolute Gasteiger partial charge is 0.357 e. The highest BCUT2D eigenvalue weighted by Gasteiger charge is 2.07. The smallest absolute Gasteiger partial charge is 0.222 e. The Morgan fingerprint density at radius 1 is 1.11 bits per heavy atom. The van der Waals surface area contributed by atoms with Gasteiger partial charge in [0.05, 0.1) is 18.3 Å². The van der Waals surface area contributed by atoms with Crippen LogP contribution in [0.2, 0.25) is 0 Å². The fourth-order valence-electron chi connectivity index (χ4n) is 3.09. The van der Waals surface area contributed by atoms with Crippen molar-refractivity contribution in [3.05, 3.63) is 64.6 Å². The van der Waals surface area contributed by atoms with E-state index in [4.69, 9.17) is 0 Å². The zero-order valence-corrected chi connectivity index (χ0v) is 16.3. The fourth-order valence-corrected chi connectivity index (χ4v) is 3.09. The molecule has 1 aromatic carbocycles. The van der Waals surface area contributed by atoms with Crippen LogP contribution in [0.3, 0.4) is 0 Å². The van der Waals surface area contributed by atoms with Crippen molar-refractivity contribution >= 4 is 22.6 Å². The lowest BCUT2D eigenvalue weighted by molar-refractivity contribution is -0.121.